The van der Waals surface area contributed by atoms with Crippen LogP contribution >= 0.6 is 11.6 Å². The molecule has 5 nitrogen and oxygen atoms in total. The Morgan fingerprint density at radius 2 is 1.88 bits per heavy atom. The maximum Gasteiger partial charge on any atom is 0.222 e. The normalized spacial score (nSPS) is 10.2. The molecule has 0 unspecified atom stereocenters. The average Bonchev–Trinajstić information content (AvgIpc) is 2.63. The second-order valence-corrected chi connectivity index (χ2v) is 5.96. The minimum absolute atomic E-state index is 0.0260. The Labute approximate surface area is 153 Å². The van der Waals surface area contributed by atoms with Gasteiger partial charge in [-0.3, -0.25) is 4.79 Å². The highest BCUT2D eigenvalue weighted by atomic mass is 35.5. The Hall–Kier alpha value is -2.40. The van der Waals surface area contributed by atoms with E-state index in [0.29, 0.717) is 36.0 Å². The van der Waals surface area contributed by atoms with Crippen LogP contribution in [0.25, 0.3) is 0 Å². The van der Waals surface area contributed by atoms with E-state index in [4.69, 9.17) is 21.1 Å². The number of halogens is 1. The number of rotatable bonds is 8. The summed E-state index contributed by atoms with van der Waals surface area (Å²) in [4.78, 5) is 12.0. The first-order valence-electron chi connectivity index (χ1n) is 8.01. The summed E-state index contributed by atoms with van der Waals surface area (Å²) in [5.41, 5.74) is 2.87. The van der Waals surface area contributed by atoms with Gasteiger partial charge in [-0.15, -0.1) is 0 Å². The molecule has 0 saturated heterocycles. The van der Waals surface area contributed by atoms with Gasteiger partial charge in [-0.05, 0) is 42.3 Å². The molecule has 0 aliphatic rings. The highest BCUT2D eigenvalue weighted by Crippen LogP contribution is 2.27. The van der Waals surface area contributed by atoms with E-state index in [1.54, 1.807) is 14.2 Å². The molecule has 0 atom stereocenters. The SMILES string of the molecule is COc1ccc(CNC(=O)CCNc2cccc(Cl)c2C)cc1OC. The van der Waals surface area contributed by atoms with Crippen molar-refractivity contribution in [3.8, 4) is 11.5 Å². The first-order chi connectivity index (χ1) is 12.0. The van der Waals surface area contributed by atoms with Crippen molar-refractivity contribution in [2.24, 2.45) is 0 Å². The molecule has 2 aromatic carbocycles. The van der Waals surface area contributed by atoms with Crippen molar-refractivity contribution in [1.29, 1.82) is 0 Å². The number of amides is 1. The van der Waals surface area contributed by atoms with Gasteiger partial charge in [0.2, 0.25) is 5.91 Å². The fourth-order valence-electron chi connectivity index (χ4n) is 2.39. The summed E-state index contributed by atoms with van der Waals surface area (Å²) < 4.78 is 10.5. The molecule has 1 amide bonds. The van der Waals surface area contributed by atoms with Crippen molar-refractivity contribution in [3.05, 3.63) is 52.5 Å². The van der Waals surface area contributed by atoms with Gasteiger partial charge in [-0.25, -0.2) is 0 Å². The van der Waals surface area contributed by atoms with Gasteiger partial charge < -0.3 is 20.1 Å². The van der Waals surface area contributed by atoms with E-state index < -0.39 is 0 Å². The number of ether oxygens (including phenoxy) is 2. The Bertz CT molecular complexity index is 735. The van der Waals surface area contributed by atoms with Crippen LogP contribution in [0.4, 0.5) is 5.69 Å². The number of hydrogen-bond acceptors (Lipinski definition) is 4. The smallest absolute Gasteiger partial charge is 0.222 e. The summed E-state index contributed by atoms with van der Waals surface area (Å²) in [6.07, 6.45) is 0.374. The molecule has 0 bridgehead atoms. The van der Waals surface area contributed by atoms with Crippen LogP contribution in [0.2, 0.25) is 5.02 Å². The molecule has 2 aromatic rings. The van der Waals surface area contributed by atoms with Crippen LogP contribution in [0.1, 0.15) is 17.5 Å². The summed E-state index contributed by atoms with van der Waals surface area (Å²) in [6, 6.07) is 11.3. The third-order valence-electron chi connectivity index (χ3n) is 3.87. The molecule has 0 saturated carbocycles. The van der Waals surface area contributed by atoms with E-state index in [1.807, 2.05) is 43.3 Å². The number of benzene rings is 2. The van der Waals surface area contributed by atoms with Gasteiger partial charge >= 0.3 is 0 Å². The number of anilines is 1. The standard InChI is InChI=1S/C19H23ClN2O3/c1-13-15(20)5-4-6-16(13)21-10-9-19(23)22-12-14-7-8-17(24-2)18(11-14)25-3/h4-8,11,21H,9-10,12H2,1-3H3,(H,22,23). The number of hydrogen-bond donors (Lipinski definition) is 2. The third-order valence-corrected chi connectivity index (χ3v) is 4.28. The minimum atomic E-state index is -0.0260. The fraction of sp³-hybridized carbons (Fsp3) is 0.316. The summed E-state index contributed by atoms with van der Waals surface area (Å²) in [7, 11) is 3.18. The second kappa shape index (κ2) is 9.18. The molecule has 25 heavy (non-hydrogen) atoms. The molecule has 0 heterocycles. The summed E-state index contributed by atoms with van der Waals surface area (Å²) in [5, 5.41) is 6.84. The van der Waals surface area contributed by atoms with Crippen molar-refractivity contribution < 1.29 is 14.3 Å². The van der Waals surface area contributed by atoms with Crippen LogP contribution in [0.5, 0.6) is 11.5 Å². The Morgan fingerprint density at radius 3 is 2.60 bits per heavy atom. The van der Waals surface area contributed by atoms with Crippen LogP contribution in [-0.4, -0.2) is 26.7 Å². The van der Waals surface area contributed by atoms with Crippen molar-refractivity contribution >= 4 is 23.2 Å². The summed E-state index contributed by atoms with van der Waals surface area (Å²) in [6.45, 7) is 2.93. The van der Waals surface area contributed by atoms with Gasteiger partial charge in [-0.2, -0.15) is 0 Å². The Morgan fingerprint density at radius 1 is 1.12 bits per heavy atom. The molecule has 134 valence electrons. The highest BCUT2D eigenvalue weighted by molar-refractivity contribution is 6.31. The molecule has 2 N–H and O–H groups in total. The lowest BCUT2D eigenvalue weighted by Gasteiger charge is -2.12. The van der Waals surface area contributed by atoms with Gasteiger partial charge in [-0.1, -0.05) is 23.7 Å². The van der Waals surface area contributed by atoms with Gasteiger partial charge in [0.1, 0.15) is 0 Å². The maximum absolute atomic E-state index is 12.0. The molecule has 0 aliphatic carbocycles. The van der Waals surface area contributed by atoms with E-state index in [9.17, 15) is 4.79 Å². The van der Waals surface area contributed by atoms with Crippen molar-refractivity contribution in [2.45, 2.75) is 19.9 Å². The number of nitrogens with one attached hydrogen (secondary N) is 2. The molecule has 0 aromatic heterocycles. The molecule has 6 heteroatoms. The van der Waals surface area contributed by atoms with E-state index in [0.717, 1.165) is 16.8 Å². The highest BCUT2D eigenvalue weighted by Gasteiger charge is 2.07. The van der Waals surface area contributed by atoms with Crippen molar-refractivity contribution in [2.75, 3.05) is 26.1 Å². The van der Waals surface area contributed by atoms with Crippen LogP contribution < -0.4 is 20.1 Å². The van der Waals surface area contributed by atoms with Gasteiger partial charge in [0.05, 0.1) is 14.2 Å². The quantitative estimate of drug-likeness (QED) is 0.750. The Kier molecular flexibility index (Phi) is 6.95. The van der Waals surface area contributed by atoms with Crippen molar-refractivity contribution in [1.82, 2.24) is 5.32 Å². The monoisotopic (exact) mass is 362 g/mol. The largest absolute Gasteiger partial charge is 0.493 e. The van der Waals surface area contributed by atoms with E-state index in [2.05, 4.69) is 10.6 Å². The third kappa shape index (κ3) is 5.29. The lowest BCUT2D eigenvalue weighted by molar-refractivity contribution is -0.121. The fourth-order valence-corrected chi connectivity index (χ4v) is 2.56. The minimum Gasteiger partial charge on any atom is -0.493 e. The first kappa shape index (κ1) is 18.9. The zero-order valence-corrected chi connectivity index (χ0v) is 15.4. The van der Waals surface area contributed by atoms with Crippen LogP contribution in [0.3, 0.4) is 0 Å². The predicted octanol–water partition coefficient (Wildman–Crippen LogP) is 3.78. The topological polar surface area (TPSA) is 59.6 Å². The zero-order chi connectivity index (χ0) is 18.2. The first-order valence-corrected chi connectivity index (χ1v) is 8.39. The average molecular weight is 363 g/mol. The molecule has 0 radical (unpaired) electrons. The lowest BCUT2D eigenvalue weighted by atomic mass is 10.2. The van der Waals surface area contributed by atoms with Gasteiger partial charge in [0.15, 0.2) is 11.5 Å². The molecule has 2 rings (SSSR count). The molecular formula is C19H23ClN2O3. The van der Waals surface area contributed by atoms with E-state index >= 15 is 0 Å². The summed E-state index contributed by atoms with van der Waals surface area (Å²) in [5.74, 6) is 1.29. The van der Waals surface area contributed by atoms with Crippen LogP contribution in [0, 0.1) is 6.92 Å². The molecule has 0 fully saturated rings. The van der Waals surface area contributed by atoms with Crippen molar-refractivity contribution in [3.63, 3.8) is 0 Å². The summed E-state index contributed by atoms with van der Waals surface area (Å²) >= 11 is 6.08. The maximum atomic E-state index is 12.0. The molecular weight excluding hydrogens is 340 g/mol. The van der Waals surface area contributed by atoms with Crippen LogP contribution in [0.15, 0.2) is 36.4 Å². The number of carbonyl (C=O) groups excluding carboxylic acids is 1. The van der Waals surface area contributed by atoms with Gasteiger partial charge in [0, 0.05) is 30.2 Å². The number of carbonyl (C=O) groups is 1. The van der Waals surface area contributed by atoms with Crippen LogP contribution in [-0.2, 0) is 11.3 Å². The zero-order valence-electron chi connectivity index (χ0n) is 14.7. The lowest BCUT2D eigenvalue weighted by Crippen LogP contribution is -2.25. The van der Waals surface area contributed by atoms with Gasteiger partial charge in [0.25, 0.3) is 0 Å². The predicted molar refractivity (Wildman–Crippen MR) is 101 cm³/mol. The van der Waals surface area contributed by atoms with E-state index in [1.165, 1.54) is 0 Å². The Balaban J connectivity index is 1.80. The second-order valence-electron chi connectivity index (χ2n) is 5.56. The number of methoxy groups -OCH3 is 2. The molecule has 0 aliphatic heterocycles. The molecule has 0 spiro atoms. The van der Waals surface area contributed by atoms with E-state index in [-0.39, 0.29) is 5.91 Å².